The first-order chi connectivity index (χ1) is 6.45. The summed E-state index contributed by atoms with van der Waals surface area (Å²) in [5.74, 6) is 2.47. The van der Waals surface area contributed by atoms with Crippen molar-refractivity contribution >= 4 is 0 Å². The number of benzene rings is 1. The maximum atomic E-state index is 5.48. The zero-order valence-corrected chi connectivity index (χ0v) is 7.65. The van der Waals surface area contributed by atoms with Crippen molar-refractivity contribution in [2.45, 2.75) is 12.3 Å². The van der Waals surface area contributed by atoms with Crippen LogP contribution in [0.1, 0.15) is 17.9 Å². The van der Waals surface area contributed by atoms with E-state index < -0.39 is 0 Å². The smallest absolute Gasteiger partial charge is 0.0503 e. The third kappa shape index (κ3) is 1.11. The molecule has 68 valence electrons. The van der Waals surface area contributed by atoms with Crippen LogP contribution in [0.25, 0.3) is 0 Å². The van der Waals surface area contributed by atoms with Gasteiger partial charge < -0.3 is 4.74 Å². The first kappa shape index (κ1) is 7.57. The SMILES string of the molecule is c1ccc([C@H]2C[C@@H]3COC[C@@H]32)cc1. The van der Waals surface area contributed by atoms with Gasteiger partial charge in [-0.15, -0.1) is 0 Å². The van der Waals surface area contributed by atoms with E-state index in [0.717, 1.165) is 31.0 Å². The third-order valence-electron chi connectivity index (χ3n) is 3.55. The maximum absolute atomic E-state index is 5.48. The van der Waals surface area contributed by atoms with E-state index in [-0.39, 0.29) is 0 Å². The van der Waals surface area contributed by atoms with Crippen LogP contribution in [0.5, 0.6) is 0 Å². The van der Waals surface area contributed by atoms with Crippen LogP contribution >= 0.6 is 0 Å². The molecule has 1 heterocycles. The number of fused-ring (bicyclic) bond motifs is 1. The molecule has 0 N–H and O–H groups in total. The van der Waals surface area contributed by atoms with Crippen LogP contribution in [0.4, 0.5) is 0 Å². The van der Waals surface area contributed by atoms with Gasteiger partial charge in [0.1, 0.15) is 0 Å². The second kappa shape index (κ2) is 2.85. The molecular weight excluding hydrogens is 160 g/mol. The Labute approximate surface area is 78.7 Å². The summed E-state index contributed by atoms with van der Waals surface area (Å²) < 4.78 is 5.48. The van der Waals surface area contributed by atoms with Crippen molar-refractivity contribution < 1.29 is 4.74 Å². The largest absolute Gasteiger partial charge is 0.381 e. The van der Waals surface area contributed by atoms with Crippen molar-refractivity contribution in [1.82, 2.24) is 0 Å². The lowest BCUT2D eigenvalue weighted by atomic mass is 9.64. The maximum Gasteiger partial charge on any atom is 0.0503 e. The topological polar surface area (TPSA) is 9.23 Å². The summed E-state index contributed by atoms with van der Waals surface area (Å²) in [6, 6.07) is 10.9. The van der Waals surface area contributed by atoms with Gasteiger partial charge in [0.05, 0.1) is 6.61 Å². The molecule has 1 aliphatic carbocycles. The molecule has 1 aromatic carbocycles. The summed E-state index contributed by atoms with van der Waals surface area (Å²) >= 11 is 0. The minimum Gasteiger partial charge on any atom is -0.381 e. The highest BCUT2D eigenvalue weighted by Gasteiger charge is 2.45. The van der Waals surface area contributed by atoms with Gasteiger partial charge in [0.25, 0.3) is 0 Å². The Morgan fingerprint density at radius 1 is 1.08 bits per heavy atom. The van der Waals surface area contributed by atoms with Gasteiger partial charge in [-0.25, -0.2) is 0 Å². The lowest BCUT2D eigenvalue weighted by molar-refractivity contribution is 0.184. The molecule has 2 fully saturated rings. The molecule has 13 heavy (non-hydrogen) atoms. The predicted octanol–water partition coefficient (Wildman–Crippen LogP) is 2.44. The number of hydrogen-bond acceptors (Lipinski definition) is 1. The number of hydrogen-bond donors (Lipinski definition) is 0. The van der Waals surface area contributed by atoms with Crippen molar-refractivity contribution in [2.24, 2.45) is 11.8 Å². The Bertz CT molecular complexity index is 293. The molecule has 0 spiro atoms. The molecule has 0 bridgehead atoms. The summed E-state index contributed by atoms with van der Waals surface area (Å²) in [5.41, 5.74) is 1.51. The molecule has 0 amide bonds. The number of rotatable bonds is 1. The zero-order valence-electron chi connectivity index (χ0n) is 7.65. The lowest BCUT2D eigenvalue weighted by Gasteiger charge is -2.39. The summed E-state index contributed by atoms with van der Waals surface area (Å²) in [6.07, 6.45) is 1.34. The Morgan fingerprint density at radius 3 is 2.69 bits per heavy atom. The molecule has 0 radical (unpaired) electrons. The van der Waals surface area contributed by atoms with Crippen LogP contribution in [-0.4, -0.2) is 13.2 Å². The monoisotopic (exact) mass is 174 g/mol. The van der Waals surface area contributed by atoms with E-state index in [9.17, 15) is 0 Å². The summed E-state index contributed by atoms with van der Waals surface area (Å²) in [6.45, 7) is 2.00. The fourth-order valence-corrected chi connectivity index (χ4v) is 2.69. The second-order valence-corrected chi connectivity index (χ2v) is 4.21. The quantitative estimate of drug-likeness (QED) is 0.635. The minimum atomic E-state index is 0.786. The molecule has 2 aliphatic rings. The van der Waals surface area contributed by atoms with Crippen LogP contribution in [0, 0.1) is 11.8 Å². The first-order valence-corrected chi connectivity index (χ1v) is 5.08. The minimum absolute atomic E-state index is 0.786. The third-order valence-corrected chi connectivity index (χ3v) is 3.55. The second-order valence-electron chi connectivity index (χ2n) is 4.21. The molecule has 1 nitrogen and oxygen atoms in total. The fourth-order valence-electron chi connectivity index (χ4n) is 2.69. The Balaban J connectivity index is 1.81. The molecule has 1 aromatic rings. The van der Waals surface area contributed by atoms with Gasteiger partial charge in [0, 0.05) is 6.61 Å². The Kier molecular flexibility index (Phi) is 1.66. The van der Waals surface area contributed by atoms with Crippen LogP contribution in [0.2, 0.25) is 0 Å². The average molecular weight is 174 g/mol. The van der Waals surface area contributed by atoms with E-state index in [0.29, 0.717) is 0 Å². The van der Waals surface area contributed by atoms with Crippen molar-refractivity contribution in [1.29, 1.82) is 0 Å². The molecule has 1 heteroatoms. The summed E-state index contributed by atoms with van der Waals surface area (Å²) in [5, 5.41) is 0. The average Bonchev–Trinajstić information content (AvgIpc) is 2.50. The van der Waals surface area contributed by atoms with E-state index in [2.05, 4.69) is 30.3 Å². The van der Waals surface area contributed by atoms with E-state index in [4.69, 9.17) is 4.74 Å². The van der Waals surface area contributed by atoms with Gasteiger partial charge in [0.2, 0.25) is 0 Å². The van der Waals surface area contributed by atoms with Crippen molar-refractivity contribution in [3.63, 3.8) is 0 Å². The molecule has 1 aliphatic heterocycles. The summed E-state index contributed by atoms with van der Waals surface area (Å²) in [4.78, 5) is 0. The molecule has 1 saturated heterocycles. The van der Waals surface area contributed by atoms with Crippen molar-refractivity contribution in [2.75, 3.05) is 13.2 Å². The molecule has 1 saturated carbocycles. The molecule has 3 rings (SSSR count). The first-order valence-electron chi connectivity index (χ1n) is 5.08. The molecule has 0 aromatic heterocycles. The van der Waals surface area contributed by atoms with E-state index in [1.165, 1.54) is 12.0 Å². The van der Waals surface area contributed by atoms with Crippen LogP contribution in [-0.2, 0) is 4.74 Å². The van der Waals surface area contributed by atoms with Gasteiger partial charge in [0.15, 0.2) is 0 Å². The van der Waals surface area contributed by atoms with Crippen LogP contribution in [0.3, 0.4) is 0 Å². The van der Waals surface area contributed by atoms with Gasteiger partial charge in [-0.3, -0.25) is 0 Å². The fraction of sp³-hybridized carbons (Fsp3) is 0.500. The van der Waals surface area contributed by atoms with E-state index >= 15 is 0 Å². The van der Waals surface area contributed by atoms with E-state index in [1.54, 1.807) is 0 Å². The van der Waals surface area contributed by atoms with Crippen molar-refractivity contribution in [3.8, 4) is 0 Å². The van der Waals surface area contributed by atoms with Gasteiger partial charge >= 0.3 is 0 Å². The Morgan fingerprint density at radius 2 is 1.92 bits per heavy atom. The molecule has 0 unspecified atom stereocenters. The van der Waals surface area contributed by atoms with Gasteiger partial charge in [-0.05, 0) is 29.7 Å². The highest BCUT2D eigenvalue weighted by atomic mass is 16.5. The predicted molar refractivity (Wildman–Crippen MR) is 51.6 cm³/mol. The van der Waals surface area contributed by atoms with Gasteiger partial charge in [-0.1, -0.05) is 30.3 Å². The van der Waals surface area contributed by atoms with Gasteiger partial charge in [-0.2, -0.15) is 0 Å². The van der Waals surface area contributed by atoms with Crippen molar-refractivity contribution in [3.05, 3.63) is 35.9 Å². The highest BCUT2D eigenvalue weighted by Crippen LogP contribution is 2.50. The highest BCUT2D eigenvalue weighted by molar-refractivity contribution is 5.24. The molecule has 3 atom stereocenters. The standard InChI is InChI=1S/C12H14O/c1-2-4-9(5-3-1)11-6-10-7-13-8-12(10)11/h1-5,10-12H,6-8H2/t10-,11-,12+/m1/s1. The molecular formula is C12H14O. The summed E-state index contributed by atoms with van der Waals surface area (Å²) in [7, 11) is 0. The number of ether oxygens (including phenoxy) is 1. The normalized spacial score (nSPS) is 36.8. The zero-order chi connectivity index (χ0) is 8.67. The van der Waals surface area contributed by atoms with Crippen LogP contribution < -0.4 is 0 Å². The Hall–Kier alpha value is -0.820. The van der Waals surface area contributed by atoms with Crippen LogP contribution in [0.15, 0.2) is 30.3 Å². The van der Waals surface area contributed by atoms with E-state index in [1.807, 2.05) is 0 Å². The lowest BCUT2D eigenvalue weighted by Crippen LogP contribution is -2.33.